The second kappa shape index (κ2) is 10.8. The van der Waals surface area contributed by atoms with E-state index >= 15 is 0 Å². The molecule has 3 aromatic rings. The summed E-state index contributed by atoms with van der Waals surface area (Å²) in [4.78, 5) is 36.1. The predicted octanol–water partition coefficient (Wildman–Crippen LogP) is 5.48. The Morgan fingerprint density at radius 3 is 1.97 bits per heavy atom. The Morgan fingerprint density at radius 2 is 1.41 bits per heavy atom. The van der Waals surface area contributed by atoms with Crippen molar-refractivity contribution in [2.24, 2.45) is 10.9 Å². The van der Waals surface area contributed by atoms with E-state index < -0.39 is 5.54 Å². The average Bonchev–Trinajstić information content (AvgIpc) is 3.20. The smallest absolute Gasteiger partial charge is 0.265 e. The number of likely N-dealkylation sites (tertiary alicyclic amines) is 1. The third-order valence-electron chi connectivity index (χ3n) is 7.81. The van der Waals surface area contributed by atoms with E-state index in [4.69, 9.17) is 4.99 Å². The number of carbonyl (C=O) groups excluding carboxylic acids is 2. The standard InChI is InChI=1S/C32H35N3O2/c1-24-14-16-26(17-15-24)30(36)27-18-22-34(23-19-27)20-9-21-35-25(2)33-32(31(35)37,28-10-5-3-6-11-28)29-12-7-4-8-13-29/h3-8,10-17,27H,9,18-23H2,1-2H3. The molecule has 2 aliphatic rings. The lowest BCUT2D eigenvalue weighted by molar-refractivity contribution is -0.130. The minimum Gasteiger partial charge on any atom is -0.303 e. The van der Waals surface area contributed by atoms with E-state index in [1.54, 1.807) is 0 Å². The normalized spacial score (nSPS) is 18.2. The van der Waals surface area contributed by atoms with Gasteiger partial charge in [-0.2, -0.15) is 0 Å². The second-order valence-corrected chi connectivity index (χ2v) is 10.3. The molecule has 5 rings (SSSR count). The second-order valence-electron chi connectivity index (χ2n) is 10.3. The summed E-state index contributed by atoms with van der Waals surface area (Å²) in [7, 11) is 0. The predicted molar refractivity (Wildman–Crippen MR) is 148 cm³/mol. The maximum absolute atomic E-state index is 14.0. The van der Waals surface area contributed by atoms with Gasteiger partial charge in [0.2, 0.25) is 0 Å². The van der Waals surface area contributed by atoms with Gasteiger partial charge < -0.3 is 4.90 Å². The molecule has 1 amide bonds. The van der Waals surface area contributed by atoms with Crippen LogP contribution >= 0.6 is 0 Å². The van der Waals surface area contributed by atoms with Crippen molar-refractivity contribution in [3.63, 3.8) is 0 Å². The molecular formula is C32H35N3O2. The molecule has 3 aromatic carbocycles. The quantitative estimate of drug-likeness (QED) is 0.390. The number of Topliss-reactive ketones (excluding diaryl/α,β-unsaturated/α-hetero) is 1. The summed E-state index contributed by atoms with van der Waals surface area (Å²) in [5.74, 6) is 1.16. The molecule has 0 N–H and O–H groups in total. The molecule has 0 unspecified atom stereocenters. The molecule has 190 valence electrons. The fourth-order valence-corrected chi connectivity index (χ4v) is 5.68. The number of ketones is 1. The number of aliphatic imine (C=N–C) groups is 1. The van der Waals surface area contributed by atoms with E-state index in [1.165, 1.54) is 5.56 Å². The Morgan fingerprint density at radius 1 is 0.838 bits per heavy atom. The van der Waals surface area contributed by atoms with Gasteiger partial charge in [0.05, 0.1) is 0 Å². The Bertz CT molecular complexity index is 1220. The fraction of sp³-hybridized carbons (Fsp3) is 0.344. The Labute approximate surface area is 219 Å². The minimum atomic E-state index is -1.03. The number of aryl methyl sites for hydroxylation is 1. The summed E-state index contributed by atoms with van der Waals surface area (Å²) < 4.78 is 0. The third-order valence-corrected chi connectivity index (χ3v) is 7.81. The number of amidine groups is 1. The number of carbonyl (C=O) groups is 2. The van der Waals surface area contributed by atoms with E-state index in [9.17, 15) is 9.59 Å². The number of amides is 1. The molecule has 0 radical (unpaired) electrons. The van der Waals surface area contributed by atoms with E-state index in [0.717, 1.165) is 61.4 Å². The maximum Gasteiger partial charge on any atom is 0.265 e. The number of nitrogens with zero attached hydrogens (tertiary/aromatic N) is 3. The topological polar surface area (TPSA) is 53.0 Å². The maximum atomic E-state index is 14.0. The SMILES string of the molecule is CC1=NC(c2ccccc2)(c2ccccc2)C(=O)N1CCCN1CCC(C(=O)c2ccc(C)cc2)CC1. The van der Waals surface area contributed by atoms with E-state index in [2.05, 4.69) is 4.90 Å². The molecule has 0 aromatic heterocycles. The summed E-state index contributed by atoms with van der Waals surface area (Å²) in [5, 5.41) is 0. The third kappa shape index (κ3) is 5.01. The first-order chi connectivity index (χ1) is 18.0. The molecule has 5 heteroatoms. The molecular weight excluding hydrogens is 458 g/mol. The van der Waals surface area contributed by atoms with Gasteiger partial charge in [-0.15, -0.1) is 0 Å². The highest BCUT2D eigenvalue weighted by atomic mass is 16.2. The van der Waals surface area contributed by atoms with Crippen molar-refractivity contribution >= 4 is 17.5 Å². The molecule has 0 saturated carbocycles. The molecule has 0 bridgehead atoms. The van der Waals surface area contributed by atoms with Crippen LogP contribution in [0.4, 0.5) is 0 Å². The van der Waals surface area contributed by atoms with Gasteiger partial charge in [0.25, 0.3) is 5.91 Å². The number of rotatable bonds is 8. The van der Waals surface area contributed by atoms with Crippen molar-refractivity contribution in [1.82, 2.24) is 9.80 Å². The number of benzene rings is 3. The van der Waals surface area contributed by atoms with Crippen LogP contribution in [-0.2, 0) is 10.3 Å². The largest absolute Gasteiger partial charge is 0.303 e. The summed E-state index contributed by atoms with van der Waals surface area (Å²) in [6, 6.07) is 27.7. The summed E-state index contributed by atoms with van der Waals surface area (Å²) >= 11 is 0. The van der Waals surface area contributed by atoms with E-state index in [1.807, 2.05) is 104 Å². The Balaban J connectivity index is 1.19. The zero-order chi connectivity index (χ0) is 25.8. The van der Waals surface area contributed by atoms with Crippen molar-refractivity contribution in [1.29, 1.82) is 0 Å². The summed E-state index contributed by atoms with van der Waals surface area (Å²) in [6.07, 6.45) is 2.65. The van der Waals surface area contributed by atoms with Crippen molar-refractivity contribution in [3.05, 3.63) is 107 Å². The lowest BCUT2D eigenvalue weighted by atomic mass is 9.83. The number of hydrogen-bond acceptors (Lipinski definition) is 4. The average molecular weight is 494 g/mol. The van der Waals surface area contributed by atoms with Gasteiger partial charge in [-0.1, -0.05) is 90.5 Å². The van der Waals surface area contributed by atoms with Crippen molar-refractivity contribution in [2.45, 2.75) is 38.6 Å². The fourth-order valence-electron chi connectivity index (χ4n) is 5.68. The van der Waals surface area contributed by atoms with Crippen molar-refractivity contribution < 1.29 is 9.59 Å². The first-order valence-electron chi connectivity index (χ1n) is 13.3. The van der Waals surface area contributed by atoms with Crippen LogP contribution in [-0.4, -0.2) is 53.5 Å². The van der Waals surface area contributed by atoms with Crippen LogP contribution in [0.1, 0.15) is 53.2 Å². The molecule has 1 saturated heterocycles. The highest BCUT2D eigenvalue weighted by molar-refractivity contribution is 6.09. The van der Waals surface area contributed by atoms with Gasteiger partial charge in [0.1, 0.15) is 5.84 Å². The molecule has 37 heavy (non-hydrogen) atoms. The summed E-state index contributed by atoms with van der Waals surface area (Å²) in [6.45, 7) is 7.36. The first-order valence-corrected chi connectivity index (χ1v) is 13.3. The summed E-state index contributed by atoms with van der Waals surface area (Å²) in [5.41, 5.74) is 2.77. The minimum absolute atomic E-state index is 0.0183. The molecule has 2 aliphatic heterocycles. The van der Waals surface area contributed by atoms with E-state index in [-0.39, 0.29) is 17.6 Å². The van der Waals surface area contributed by atoms with Crippen LogP contribution in [0.3, 0.4) is 0 Å². The van der Waals surface area contributed by atoms with E-state index in [0.29, 0.717) is 6.54 Å². The van der Waals surface area contributed by atoms with Crippen LogP contribution < -0.4 is 0 Å². The van der Waals surface area contributed by atoms with Gasteiger partial charge in [-0.25, -0.2) is 4.99 Å². The van der Waals surface area contributed by atoms with Gasteiger partial charge in [-0.3, -0.25) is 14.5 Å². The van der Waals surface area contributed by atoms with Crippen LogP contribution in [0.5, 0.6) is 0 Å². The monoisotopic (exact) mass is 493 g/mol. The lowest BCUT2D eigenvalue weighted by Gasteiger charge is -2.32. The van der Waals surface area contributed by atoms with Gasteiger partial charge in [-0.05, 0) is 63.9 Å². The first kappa shape index (κ1) is 25.1. The van der Waals surface area contributed by atoms with Gasteiger partial charge >= 0.3 is 0 Å². The number of piperidine rings is 1. The Hall–Kier alpha value is -3.57. The highest BCUT2D eigenvalue weighted by Gasteiger charge is 2.49. The molecule has 0 spiro atoms. The Kier molecular flexibility index (Phi) is 7.33. The van der Waals surface area contributed by atoms with Crippen LogP contribution in [0.15, 0.2) is 89.9 Å². The van der Waals surface area contributed by atoms with Crippen molar-refractivity contribution in [2.75, 3.05) is 26.2 Å². The molecule has 1 fully saturated rings. The van der Waals surface area contributed by atoms with Crippen LogP contribution in [0.2, 0.25) is 0 Å². The van der Waals surface area contributed by atoms with Crippen molar-refractivity contribution in [3.8, 4) is 0 Å². The highest BCUT2D eigenvalue weighted by Crippen LogP contribution is 2.40. The molecule has 0 aliphatic carbocycles. The number of hydrogen-bond donors (Lipinski definition) is 0. The van der Waals surface area contributed by atoms with Crippen LogP contribution in [0, 0.1) is 12.8 Å². The van der Waals surface area contributed by atoms with Gasteiger partial charge in [0.15, 0.2) is 11.3 Å². The molecule has 5 nitrogen and oxygen atoms in total. The van der Waals surface area contributed by atoms with Gasteiger partial charge in [0, 0.05) is 18.0 Å². The molecule has 2 heterocycles. The lowest BCUT2D eigenvalue weighted by Crippen LogP contribution is -2.43. The zero-order valence-corrected chi connectivity index (χ0v) is 21.8. The zero-order valence-electron chi connectivity index (χ0n) is 21.8. The molecule has 0 atom stereocenters. The van der Waals surface area contributed by atoms with Crippen LogP contribution in [0.25, 0.3) is 0 Å².